The van der Waals surface area contributed by atoms with Crippen LogP contribution in [0.3, 0.4) is 0 Å². The second kappa shape index (κ2) is 13.2. The van der Waals surface area contributed by atoms with Crippen molar-refractivity contribution in [2.45, 2.75) is 0 Å². The van der Waals surface area contributed by atoms with Gasteiger partial charge in [0.25, 0.3) is 11.8 Å². The van der Waals surface area contributed by atoms with E-state index in [2.05, 4.69) is 20.9 Å². The van der Waals surface area contributed by atoms with E-state index in [-0.39, 0.29) is 11.8 Å². The van der Waals surface area contributed by atoms with Crippen molar-refractivity contribution in [3.05, 3.63) is 169 Å². The van der Waals surface area contributed by atoms with Gasteiger partial charge in [0, 0.05) is 16.8 Å². The third kappa shape index (κ3) is 6.83. The van der Waals surface area contributed by atoms with E-state index in [0.29, 0.717) is 33.9 Å². The van der Waals surface area contributed by atoms with Gasteiger partial charge in [-0.3, -0.25) is 9.59 Å². The van der Waals surface area contributed by atoms with Crippen molar-refractivity contribution in [2.24, 2.45) is 10.2 Å². The first kappa shape index (κ1) is 28.0. The van der Waals surface area contributed by atoms with Crippen molar-refractivity contribution in [3.63, 3.8) is 0 Å². The number of hydrogen-bond donors (Lipinski definition) is 2. The molecule has 0 radical (unpaired) electrons. The Morgan fingerprint density at radius 2 is 0.886 bits per heavy atom. The highest BCUT2D eigenvalue weighted by Gasteiger charge is 2.13. The number of nitrogens with zero attached hydrogens (tertiary/aromatic N) is 2. The van der Waals surface area contributed by atoms with Gasteiger partial charge in [-0.1, -0.05) is 103 Å². The highest BCUT2D eigenvalue weighted by atomic mass is 16.2. The van der Waals surface area contributed by atoms with E-state index in [1.807, 2.05) is 115 Å². The van der Waals surface area contributed by atoms with Gasteiger partial charge in [-0.05, 0) is 76.9 Å². The van der Waals surface area contributed by atoms with E-state index in [4.69, 9.17) is 0 Å². The standard InChI is InChI=1S/C38H28N4O2/c43-37(31-20-16-29(17-21-31)27-10-4-1-5-11-27)39-34-24-25-35(42-41-33-14-8-3-9-15-33)36(26-34)40-38(44)32-22-18-30(19-23-32)28-12-6-2-7-13-28/h1-26H,(H,39,43)(H,40,44). The fourth-order valence-electron chi connectivity index (χ4n) is 4.69. The molecular weight excluding hydrogens is 544 g/mol. The molecule has 0 atom stereocenters. The van der Waals surface area contributed by atoms with Gasteiger partial charge in [-0.2, -0.15) is 5.11 Å². The van der Waals surface area contributed by atoms with Gasteiger partial charge in [-0.15, -0.1) is 5.11 Å². The molecule has 0 aromatic heterocycles. The predicted octanol–water partition coefficient (Wildman–Crippen LogP) is 9.94. The molecule has 0 aliphatic rings. The van der Waals surface area contributed by atoms with Crippen LogP contribution in [-0.2, 0) is 0 Å². The van der Waals surface area contributed by atoms with E-state index in [1.54, 1.807) is 42.5 Å². The highest BCUT2D eigenvalue weighted by Crippen LogP contribution is 2.31. The minimum Gasteiger partial charge on any atom is -0.322 e. The monoisotopic (exact) mass is 572 g/mol. The van der Waals surface area contributed by atoms with Crippen LogP contribution in [0.2, 0.25) is 0 Å². The van der Waals surface area contributed by atoms with Crippen molar-refractivity contribution in [1.29, 1.82) is 0 Å². The Morgan fingerprint density at radius 3 is 1.41 bits per heavy atom. The number of anilines is 2. The number of azo groups is 1. The average Bonchev–Trinajstić information content (AvgIpc) is 3.09. The van der Waals surface area contributed by atoms with Crippen molar-refractivity contribution in [1.82, 2.24) is 0 Å². The molecule has 0 aliphatic carbocycles. The zero-order valence-corrected chi connectivity index (χ0v) is 23.7. The molecule has 6 nitrogen and oxygen atoms in total. The van der Waals surface area contributed by atoms with E-state index < -0.39 is 0 Å². The van der Waals surface area contributed by atoms with Gasteiger partial charge in [-0.25, -0.2) is 0 Å². The van der Waals surface area contributed by atoms with Gasteiger partial charge >= 0.3 is 0 Å². The van der Waals surface area contributed by atoms with Crippen LogP contribution in [0, 0.1) is 0 Å². The molecule has 0 saturated carbocycles. The lowest BCUT2D eigenvalue weighted by Gasteiger charge is -2.12. The van der Waals surface area contributed by atoms with E-state index in [9.17, 15) is 9.59 Å². The first-order valence-electron chi connectivity index (χ1n) is 14.2. The predicted molar refractivity (Wildman–Crippen MR) is 177 cm³/mol. The minimum absolute atomic E-state index is 0.267. The summed E-state index contributed by atoms with van der Waals surface area (Å²) in [6.07, 6.45) is 0. The largest absolute Gasteiger partial charge is 0.322 e. The summed E-state index contributed by atoms with van der Waals surface area (Å²) in [5, 5.41) is 14.6. The first-order valence-corrected chi connectivity index (χ1v) is 14.2. The molecule has 6 aromatic rings. The Morgan fingerprint density at radius 1 is 0.432 bits per heavy atom. The lowest BCUT2D eigenvalue weighted by Crippen LogP contribution is -2.14. The third-order valence-corrected chi connectivity index (χ3v) is 7.04. The van der Waals surface area contributed by atoms with E-state index >= 15 is 0 Å². The fourth-order valence-corrected chi connectivity index (χ4v) is 4.69. The normalized spacial score (nSPS) is 10.8. The fraction of sp³-hybridized carbons (Fsp3) is 0. The summed E-state index contributed by atoms with van der Waals surface area (Å²) in [5.74, 6) is -0.571. The summed E-state index contributed by atoms with van der Waals surface area (Å²) in [7, 11) is 0. The minimum atomic E-state index is -0.305. The van der Waals surface area contributed by atoms with Crippen LogP contribution in [0.4, 0.5) is 22.7 Å². The third-order valence-electron chi connectivity index (χ3n) is 7.04. The van der Waals surface area contributed by atoms with Crippen molar-refractivity contribution in [2.75, 3.05) is 10.6 Å². The molecule has 0 unspecified atom stereocenters. The van der Waals surface area contributed by atoms with Gasteiger partial charge in [0.1, 0.15) is 5.69 Å². The van der Waals surface area contributed by atoms with Crippen LogP contribution >= 0.6 is 0 Å². The molecule has 0 heterocycles. The number of carbonyl (C=O) groups is 2. The molecule has 6 aromatic carbocycles. The van der Waals surface area contributed by atoms with Crippen LogP contribution < -0.4 is 10.6 Å². The Labute approximate surface area is 255 Å². The quantitative estimate of drug-likeness (QED) is 0.178. The van der Waals surface area contributed by atoms with Crippen molar-refractivity contribution < 1.29 is 9.59 Å². The molecule has 44 heavy (non-hydrogen) atoms. The summed E-state index contributed by atoms with van der Waals surface area (Å²) in [6.45, 7) is 0. The molecule has 0 fully saturated rings. The second-order valence-electron chi connectivity index (χ2n) is 10.1. The molecule has 6 rings (SSSR count). The van der Waals surface area contributed by atoms with Crippen LogP contribution in [0.5, 0.6) is 0 Å². The number of rotatable bonds is 8. The topological polar surface area (TPSA) is 82.9 Å². The maximum absolute atomic E-state index is 13.3. The number of hydrogen-bond acceptors (Lipinski definition) is 4. The zero-order chi connectivity index (χ0) is 30.1. The van der Waals surface area contributed by atoms with Crippen LogP contribution in [0.1, 0.15) is 20.7 Å². The summed E-state index contributed by atoms with van der Waals surface area (Å²) in [6, 6.07) is 49.3. The van der Waals surface area contributed by atoms with Crippen LogP contribution in [-0.4, -0.2) is 11.8 Å². The van der Waals surface area contributed by atoms with Gasteiger partial charge in [0.05, 0.1) is 11.4 Å². The molecular formula is C38H28N4O2. The first-order chi connectivity index (χ1) is 21.6. The number of carbonyl (C=O) groups excluding carboxylic acids is 2. The Hall–Kier alpha value is -6.14. The molecule has 0 bridgehead atoms. The summed E-state index contributed by atoms with van der Waals surface area (Å²) in [5.41, 5.74) is 7.25. The van der Waals surface area contributed by atoms with E-state index in [0.717, 1.165) is 22.3 Å². The average molecular weight is 573 g/mol. The van der Waals surface area contributed by atoms with Crippen molar-refractivity contribution in [3.8, 4) is 22.3 Å². The summed E-state index contributed by atoms with van der Waals surface area (Å²) >= 11 is 0. The number of nitrogens with one attached hydrogen (secondary N) is 2. The molecule has 2 N–H and O–H groups in total. The number of benzene rings is 6. The maximum Gasteiger partial charge on any atom is 0.255 e. The molecule has 6 heteroatoms. The zero-order valence-electron chi connectivity index (χ0n) is 23.7. The molecule has 2 amide bonds. The summed E-state index contributed by atoms with van der Waals surface area (Å²) < 4.78 is 0. The Kier molecular flexibility index (Phi) is 8.42. The van der Waals surface area contributed by atoms with Gasteiger partial charge < -0.3 is 10.6 Å². The Bertz CT molecular complexity index is 1900. The smallest absolute Gasteiger partial charge is 0.255 e. The van der Waals surface area contributed by atoms with E-state index in [1.165, 1.54) is 0 Å². The second-order valence-corrected chi connectivity index (χ2v) is 10.1. The molecule has 0 spiro atoms. The molecule has 212 valence electrons. The SMILES string of the molecule is O=C(Nc1ccc(N=Nc2ccccc2)c(NC(=O)c2ccc(-c3ccccc3)cc2)c1)c1ccc(-c2ccccc2)cc1. The number of amides is 2. The van der Waals surface area contributed by atoms with Gasteiger partial charge in [0.2, 0.25) is 0 Å². The molecule has 0 aliphatic heterocycles. The van der Waals surface area contributed by atoms with Crippen LogP contribution in [0.15, 0.2) is 168 Å². The highest BCUT2D eigenvalue weighted by molar-refractivity contribution is 6.08. The molecule has 0 saturated heterocycles. The summed E-state index contributed by atoms with van der Waals surface area (Å²) in [4.78, 5) is 26.4. The lowest BCUT2D eigenvalue weighted by molar-refractivity contribution is 0.101. The maximum atomic E-state index is 13.3. The van der Waals surface area contributed by atoms with Crippen LogP contribution in [0.25, 0.3) is 22.3 Å². The van der Waals surface area contributed by atoms with Crippen molar-refractivity contribution >= 4 is 34.6 Å². The van der Waals surface area contributed by atoms with Gasteiger partial charge in [0.15, 0.2) is 0 Å². The Balaban J connectivity index is 1.23. The lowest BCUT2D eigenvalue weighted by atomic mass is 10.0.